The van der Waals surface area contributed by atoms with Crippen LogP contribution < -0.4 is 14.8 Å². The predicted molar refractivity (Wildman–Crippen MR) is 119 cm³/mol. The van der Waals surface area contributed by atoms with Crippen LogP contribution in [0.1, 0.15) is 11.1 Å². The van der Waals surface area contributed by atoms with Crippen molar-refractivity contribution in [2.75, 3.05) is 16.6 Å². The highest BCUT2D eigenvalue weighted by molar-refractivity contribution is 7.92. The standard InChI is InChI=1S/C22H21ClN2O4S/c1-15-3-6-19(13-16(15)2)25-30(27,28)21-11-7-18(8-12-21)24-22(26)14-29-20-9-4-17(23)5-10-20/h3-13,25H,14H2,1-2H3,(H,24,26). The average molecular weight is 445 g/mol. The lowest BCUT2D eigenvalue weighted by Crippen LogP contribution is -2.20. The molecular formula is C22H21ClN2O4S. The Morgan fingerprint density at radius 2 is 1.53 bits per heavy atom. The first-order valence-corrected chi connectivity index (χ1v) is 11.0. The van der Waals surface area contributed by atoms with E-state index in [1.54, 1.807) is 36.4 Å². The quantitative estimate of drug-likeness (QED) is 0.549. The molecule has 30 heavy (non-hydrogen) atoms. The van der Waals surface area contributed by atoms with E-state index in [1.165, 1.54) is 24.3 Å². The second-order valence-corrected chi connectivity index (χ2v) is 8.84. The molecule has 0 unspecified atom stereocenters. The van der Waals surface area contributed by atoms with Gasteiger partial charge in [-0.15, -0.1) is 0 Å². The highest BCUT2D eigenvalue weighted by Crippen LogP contribution is 2.20. The summed E-state index contributed by atoms with van der Waals surface area (Å²) in [7, 11) is -3.74. The van der Waals surface area contributed by atoms with Gasteiger partial charge in [-0.25, -0.2) is 8.42 Å². The van der Waals surface area contributed by atoms with Gasteiger partial charge >= 0.3 is 0 Å². The summed E-state index contributed by atoms with van der Waals surface area (Å²) in [5, 5.41) is 3.24. The van der Waals surface area contributed by atoms with Crippen molar-refractivity contribution in [2.45, 2.75) is 18.7 Å². The topological polar surface area (TPSA) is 84.5 Å². The average Bonchev–Trinajstić information content (AvgIpc) is 2.70. The normalized spacial score (nSPS) is 11.0. The molecule has 0 heterocycles. The van der Waals surface area contributed by atoms with Gasteiger partial charge in [0.1, 0.15) is 5.75 Å². The molecule has 3 aromatic carbocycles. The first-order valence-electron chi connectivity index (χ1n) is 9.11. The van der Waals surface area contributed by atoms with E-state index in [0.717, 1.165) is 11.1 Å². The second-order valence-electron chi connectivity index (χ2n) is 6.72. The molecular weight excluding hydrogens is 424 g/mol. The summed E-state index contributed by atoms with van der Waals surface area (Å²) < 4.78 is 33.1. The Hall–Kier alpha value is -3.03. The number of carbonyl (C=O) groups is 1. The van der Waals surface area contributed by atoms with Gasteiger partial charge in [-0.1, -0.05) is 17.7 Å². The fraction of sp³-hybridized carbons (Fsp3) is 0.136. The van der Waals surface area contributed by atoms with Crippen LogP contribution in [0.4, 0.5) is 11.4 Å². The molecule has 0 aromatic heterocycles. The van der Waals surface area contributed by atoms with E-state index in [2.05, 4.69) is 10.0 Å². The number of carbonyl (C=O) groups excluding carboxylic acids is 1. The van der Waals surface area contributed by atoms with Crippen molar-refractivity contribution in [1.82, 2.24) is 0 Å². The molecule has 3 rings (SSSR count). The van der Waals surface area contributed by atoms with E-state index in [1.807, 2.05) is 19.9 Å². The molecule has 0 bridgehead atoms. The maximum atomic E-state index is 12.6. The third-order valence-corrected chi connectivity index (χ3v) is 6.04. The number of rotatable bonds is 7. The lowest BCUT2D eigenvalue weighted by atomic mass is 10.1. The van der Waals surface area contributed by atoms with E-state index in [4.69, 9.17) is 16.3 Å². The fourth-order valence-corrected chi connectivity index (χ4v) is 3.79. The molecule has 156 valence electrons. The SMILES string of the molecule is Cc1ccc(NS(=O)(=O)c2ccc(NC(=O)COc3ccc(Cl)cc3)cc2)cc1C. The van der Waals surface area contributed by atoms with E-state index in [9.17, 15) is 13.2 Å². The largest absolute Gasteiger partial charge is 0.484 e. The summed E-state index contributed by atoms with van der Waals surface area (Å²) in [5.74, 6) is 0.155. The van der Waals surface area contributed by atoms with Crippen LogP contribution in [0.25, 0.3) is 0 Å². The summed E-state index contributed by atoms with van der Waals surface area (Å²) in [6, 6.07) is 17.9. The fourth-order valence-electron chi connectivity index (χ4n) is 2.61. The molecule has 0 fully saturated rings. The van der Waals surface area contributed by atoms with E-state index in [-0.39, 0.29) is 17.4 Å². The van der Waals surface area contributed by atoms with Crippen LogP contribution in [0, 0.1) is 13.8 Å². The van der Waals surface area contributed by atoms with Crippen molar-refractivity contribution in [1.29, 1.82) is 0 Å². The van der Waals surface area contributed by atoms with Gasteiger partial charge in [-0.05, 0) is 85.6 Å². The van der Waals surface area contributed by atoms with Crippen LogP contribution in [0.15, 0.2) is 71.6 Å². The zero-order valence-electron chi connectivity index (χ0n) is 16.5. The van der Waals surface area contributed by atoms with Crippen LogP contribution in [0.3, 0.4) is 0 Å². The second kappa shape index (κ2) is 9.19. The molecule has 1 amide bonds. The number of anilines is 2. The number of hydrogen-bond acceptors (Lipinski definition) is 4. The number of sulfonamides is 1. The molecule has 8 heteroatoms. The summed E-state index contributed by atoms with van der Waals surface area (Å²) in [6.45, 7) is 3.69. The molecule has 3 aromatic rings. The predicted octanol–water partition coefficient (Wildman–Crippen LogP) is 4.78. The van der Waals surface area contributed by atoms with Crippen molar-refractivity contribution >= 4 is 38.9 Å². The molecule has 0 aliphatic carbocycles. The highest BCUT2D eigenvalue weighted by Gasteiger charge is 2.15. The number of benzene rings is 3. The number of nitrogens with one attached hydrogen (secondary N) is 2. The molecule has 0 saturated heterocycles. The lowest BCUT2D eigenvalue weighted by Gasteiger charge is -2.11. The van der Waals surface area contributed by atoms with Gasteiger partial charge in [0.15, 0.2) is 6.61 Å². The maximum Gasteiger partial charge on any atom is 0.262 e. The third-order valence-electron chi connectivity index (χ3n) is 4.39. The van der Waals surface area contributed by atoms with Gasteiger partial charge in [0.05, 0.1) is 4.90 Å². The van der Waals surface area contributed by atoms with E-state index < -0.39 is 10.0 Å². The van der Waals surface area contributed by atoms with Crippen LogP contribution in [-0.4, -0.2) is 20.9 Å². The Bertz CT molecular complexity index is 1140. The molecule has 0 aliphatic rings. The van der Waals surface area contributed by atoms with Crippen LogP contribution in [-0.2, 0) is 14.8 Å². The van der Waals surface area contributed by atoms with Crippen LogP contribution in [0.5, 0.6) is 5.75 Å². The summed E-state index contributed by atoms with van der Waals surface area (Å²) in [6.07, 6.45) is 0. The minimum atomic E-state index is -3.74. The van der Waals surface area contributed by atoms with Crippen molar-refractivity contribution < 1.29 is 17.9 Å². The summed E-state index contributed by atoms with van der Waals surface area (Å²) in [4.78, 5) is 12.1. The van der Waals surface area contributed by atoms with E-state index in [0.29, 0.717) is 22.1 Å². The maximum absolute atomic E-state index is 12.6. The zero-order valence-corrected chi connectivity index (χ0v) is 18.0. The first-order chi connectivity index (χ1) is 14.2. The van der Waals surface area contributed by atoms with Gasteiger partial charge < -0.3 is 10.1 Å². The Morgan fingerprint density at radius 3 is 2.17 bits per heavy atom. The molecule has 0 aliphatic heterocycles. The summed E-state index contributed by atoms with van der Waals surface area (Å²) in [5.41, 5.74) is 3.03. The number of amides is 1. The zero-order chi connectivity index (χ0) is 21.7. The molecule has 0 radical (unpaired) electrons. The Labute approximate surface area is 180 Å². The Balaban J connectivity index is 1.59. The van der Waals surface area contributed by atoms with Crippen LogP contribution in [0.2, 0.25) is 5.02 Å². The number of ether oxygens (including phenoxy) is 1. The lowest BCUT2D eigenvalue weighted by molar-refractivity contribution is -0.118. The molecule has 6 nitrogen and oxygen atoms in total. The molecule has 2 N–H and O–H groups in total. The minimum Gasteiger partial charge on any atom is -0.484 e. The molecule has 0 spiro atoms. The number of aryl methyl sites for hydroxylation is 2. The third kappa shape index (κ3) is 5.75. The van der Waals surface area contributed by atoms with Crippen molar-refractivity contribution in [3.8, 4) is 5.75 Å². The van der Waals surface area contributed by atoms with Crippen molar-refractivity contribution in [3.05, 3.63) is 82.9 Å². The Kier molecular flexibility index (Phi) is 6.64. The molecule has 0 atom stereocenters. The van der Waals surface area contributed by atoms with E-state index >= 15 is 0 Å². The van der Waals surface area contributed by atoms with Gasteiger partial charge in [0, 0.05) is 16.4 Å². The van der Waals surface area contributed by atoms with Gasteiger partial charge in [0.25, 0.3) is 15.9 Å². The number of hydrogen-bond donors (Lipinski definition) is 2. The summed E-state index contributed by atoms with van der Waals surface area (Å²) >= 11 is 5.80. The smallest absolute Gasteiger partial charge is 0.262 e. The van der Waals surface area contributed by atoms with Crippen molar-refractivity contribution in [3.63, 3.8) is 0 Å². The van der Waals surface area contributed by atoms with Gasteiger partial charge in [0.2, 0.25) is 0 Å². The number of halogens is 1. The van der Waals surface area contributed by atoms with Gasteiger partial charge in [-0.3, -0.25) is 9.52 Å². The Morgan fingerprint density at radius 1 is 0.900 bits per heavy atom. The highest BCUT2D eigenvalue weighted by atomic mass is 35.5. The van der Waals surface area contributed by atoms with Crippen LogP contribution >= 0.6 is 11.6 Å². The minimum absolute atomic E-state index is 0.0936. The first kappa shape index (κ1) is 21.7. The van der Waals surface area contributed by atoms with Gasteiger partial charge in [-0.2, -0.15) is 0 Å². The van der Waals surface area contributed by atoms with Crippen molar-refractivity contribution in [2.24, 2.45) is 0 Å². The monoisotopic (exact) mass is 444 g/mol. The molecule has 0 saturated carbocycles.